The van der Waals surface area contributed by atoms with E-state index in [2.05, 4.69) is 31.3 Å². The number of aliphatic hydroxyl groups is 2. The SMILES string of the molecule is CCCCCCCCCCCCCCC/C=C/C(O)C(CO)NC(=O)CCCCCCCCC/C=C\CCCCCCCCCCOC(=O)CCCCCCCCCCCCCCC. The second-order valence-electron chi connectivity index (χ2n) is 19.6. The van der Waals surface area contributed by atoms with Gasteiger partial charge in [0.25, 0.3) is 0 Å². The highest BCUT2D eigenvalue weighted by molar-refractivity contribution is 5.76. The van der Waals surface area contributed by atoms with Crippen LogP contribution in [0.15, 0.2) is 24.3 Å². The van der Waals surface area contributed by atoms with Crippen LogP contribution in [0.2, 0.25) is 0 Å². The van der Waals surface area contributed by atoms with Crippen molar-refractivity contribution in [2.24, 2.45) is 0 Å². The molecule has 0 aromatic carbocycles. The fraction of sp³-hybridized carbons (Fsp3) is 0.897. The Morgan fingerprint density at radius 2 is 0.734 bits per heavy atom. The minimum Gasteiger partial charge on any atom is -0.466 e. The van der Waals surface area contributed by atoms with Crippen molar-refractivity contribution in [3.63, 3.8) is 0 Å². The lowest BCUT2D eigenvalue weighted by Gasteiger charge is -2.20. The van der Waals surface area contributed by atoms with Crippen molar-refractivity contribution >= 4 is 11.9 Å². The molecule has 378 valence electrons. The van der Waals surface area contributed by atoms with E-state index in [0.29, 0.717) is 19.4 Å². The van der Waals surface area contributed by atoms with Crippen molar-refractivity contribution in [1.82, 2.24) is 5.32 Å². The summed E-state index contributed by atoms with van der Waals surface area (Å²) in [7, 11) is 0. The molecule has 0 aromatic rings. The molecule has 6 nitrogen and oxygen atoms in total. The number of carbonyl (C=O) groups is 2. The predicted molar refractivity (Wildman–Crippen MR) is 278 cm³/mol. The van der Waals surface area contributed by atoms with Gasteiger partial charge in [-0.2, -0.15) is 0 Å². The molecule has 6 heteroatoms. The number of nitrogens with one attached hydrogen (secondary N) is 1. The molecule has 0 spiro atoms. The highest BCUT2D eigenvalue weighted by Gasteiger charge is 2.18. The summed E-state index contributed by atoms with van der Waals surface area (Å²) in [5.41, 5.74) is 0. The number of aliphatic hydroxyl groups excluding tert-OH is 2. The number of esters is 1. The number of hydrogen-bond acceptors (Lipinski definition) is 5. The number of carbonyl (C=O) groups excluding carboxylic acids is 2. The second-order valence-corrected chi connectivity index (χ2v) is 19.6. The molecule has 0 aliphatic heterocycles. The minimum absolute atomic E-state index is 0.00474. The summed E-state index contributed by atoms with van der Waals surface area (Å²) in [6.07, 6.45) is 64.8. The van der Waals surface area contributed by atoms with Crippen molar-refractivity contribution in [3.8, 4) is 0 Å². The molecule has 0 bridgehead atoms. The second kappa shape index (κ2) is 54.0. The third-order valence-corrected chi connectivity index (χ3v) is 13.2. The topological polar surface area (TPSA) is 95.9 Å². The number of ether oxygens (including phenoxy) is 1. The molecule has 0 fully saturated rings. The Morgan fingerprint density at radius 1 is 0.422 bits per heavy atom. The molecule has 0 aliphatic rings. The Morgan fingerprint density at radius 3 is 1.11 bits per heavy atom. The fourth-order valence-corrected chi connectivity index (χ4v) is 8.81. The molecule has 2 atom stereocenters. The van der Waals surface area contributed by atoms with Crippen LogP contribution in [-0.4, -0.2) is 47.4 Å². The first kappa shape index (κ1) is 62.3. The van der Waals surface area contributed by atoms with Gasteiger partial charge in [0.2, 0.25) is 5.91 Å². The maximum Gasteiger partial charge on any atom is 0.305 e. The molecule has 0 heterocycles. The lowest BCUT2D eigenvalue weighted by molar-refractivity contribution is -0.143. The fourth-order valence-electron chi connectivity index (χ4n) is 8.81. The van der Waals surface area contributed by atoms with E-state index in [1.165, 1.54) is 231 Å². The summed E-state index contributed by atoms with van der Waals surface area (Å²) in [6, 6.07) is -0.634. The summed E-state index contributed by atoms with van der Waals surface area (Å²) < 4.78 is 5.47. The molecule has 0 aromatic heterocycles. The quantitative estimate of drug-likeness (QED) is 0.0321. The van der Waals surface area contributed by atoms with E-state index in [0.717, 1.165) is 51.4 Å². The Balaban J connectivity index is 3.46. The van der Waals surface area contributed by atoms with Gasteiger partial charge in [-0.25, -0.2) is 0 Å². The summed E-state index contributed by atoms with van der Waals surface area (Å²) in [6.45, 7) is 4.90. The van der Waals surface area contributed by atoms with E-state index in [1.54, 1.807) is 6.08 Å². The van der Waals surface area contributed by atoms with Crippen molar-refractivity contribution in [2.45, 2.75) is 321 Å². The molecule has 0 saturated carbocycles. The zero-order chi connectivity index (χ0) is 46.5. The largest absolute Gasteiger partial charge is 0.466 e. The van der Waals surface area contributed by atoms with E-state index >= 15 is 0 Å². The van der Waals surface area contributed by atoms with Crippen LogP contribution < -0.4 is 5.32 Å². The number of unbranched alkanes of at least 4 members (excludes halogenated alkanes) is 40. The molecule has 0 aliphatic carbocycles. The van der Waals surface area contributed by atoms with Crippen LogP contribution in [0.5, 0.6) is 0 Å². The van der Waals surface area contributed by atoms with Crippen LogP contribution in [0.4, 0.5) is 0 Å². The first-order chi connectivity index (χ1) is 31.5. The number of allylic oxidation sites excluding steroid dienone is 3. The van der Waals surface area contributed by atoms with E-state index in [1.807, 2.05) is 6.08 Å². The first-order valence-corrected chi connectivity index (χ1v) is 28.6. The third kappa shape index (κ3) is 49.8. The third-order valence-electron chi connectivity index (χ3n) is 13.2. The molecule has 3 N–H and O–H groups in total. The molecule has 0 rings (SSSR count). The monoisotopic (exact) mass is 902 g/mol. The highest BCUT2D eigenvalue weighted by Crippen LogP contribution is 2.16. The van der Waals surface area contributed by atoms with E-state index in [-0.39, 0.29) is 18.5 Å². The van der Waals surface area contributed by atoms with E-state index in [9.17, 15) is 19.8 Å². The van der Waals surface area contributed by atoms with Gasteiger partial charge >= 0.3 is 5.97 Å². The zero-order valence-electron chi connectivity index (χ0n) is 43.0. The van der Waals surface area contributed by atoms with Crippen LogP contribution in [0, 0.1) is 0 Å². The van der Waals surface area contributed by atoms with E-state index in [4.69, 9.17) is 4.74 Å². The molecular weight excluding hydrogens is 791 g/mol. The lowest BCUT2D eigenvalue weighted by Crippen LogP contribution is -2.45. The van der Waals surface area contributed by atoms with Crippen molar-refractivity contribution in [2.75, 3.05) is 13.2 Å². The maximum absolute atomic E-state index is 12.4. The lowest BCUT2D eigenvalue weighted by atomic mass is 10.0. The average Bonchev–Trinajstić information content (AvgIpc) is 3.29. The van der Waals surface area contributed by atoms with Gasteiger partial charge in [-0.3, -0.25) is 9.59 Å². The number of hydrogen-bond donors (Lipinski definition) is 3. The smallest absolute Gasteiger partial charge is 0.305 e. The molecule has 0 radical (unpaired) electrons. The normalized spacial score (nSPS) is 12.8. The van der Waals surface area contributed by atoms with Gasteiger partial charge in [-0.15, -0.1) is 0 Å². The van der Waals surface area contributed by atoms with Crippen molar-refractivity contribution in [1.29, 1.82) is 0 Å². The molecule has 2 unspecified atom stereocenters. The summed E-state index contributed by atoms with van der Waals surface area (Å²) in [5.74, 6) is -0.0718. The minimum atomic E-state index is -0.850. The van der Waals surface area contributed by atoms with Gasteiger partial charge in [-0.1, -0.05) is 263 Å². The Labute approximate surface area is 399 Å². The van der Waals surface area contributed by atoms with Gasteiger partial charge in [0.05, 0.1) is 25.4 Å². The number of rotatable bonds is 53. The number of amides is 1. The summed E-state index contributed by atoms with van der Waals surface area (Å²) in [4.78, 5) is 24.5. The predicted octanol–water partition coefficient (Wildman–Crippen LogP) is 17.5. The van der Waals surface area contributed by atoms with Crippen LogP contribution in [-0.2, 0) is 14.3 Å². The van der Waals surface area contributed by atoms with Gasteiger partial charge < -0.3 is 20.3 Å². The first-order valence-electron chi connectivity index (χ1n) is 28.6. The summed E-state index contributed by atoms with van der Waals surface area (Å²) in [5, 5.41) is 23.1. The van der Waals surface area contributed by atoms with Gasteiger partial charge in [0.1, 0.15) is 0 Å². The van der Waals surface area contributed by atoms with Gasteiger partial charge in [-0.05, 0) is 57.8 Å². The Bertz CT molecular complexity index is 997. The zero-order valence-corrected chi connectivity index (χ0v) is 43.0. The van der Waals surface area contributed by atoms with Crippen LogP contribution in [0.3, 0.4) is 0 Å². The summed E-state index contributed by atoms with van der Waals surface area (Å²) >= 11 is 0. The maximum atomic E-state index is 12.4. The van der Waals surface area contributed by atoms with Crippen molar-refractivity contribution < 1.29 is 24.5 Å². The van der Waals surface area contributed by atoms with Crippen molar-refractivity contribution in [3.05, 3.63) is 24.3 Å². The standard InChI is InChI=1S/C58H111NO5/c1-3-5-7-9-11-13-15-17-23-27-30-34-38-42-46-50-56(61)55(54-60)59-57(62)51-47-43-39-35-31-28-24-21-19-18-20-22-25-29-33-37-41-45-49-53-64-58(63)52-48-44-40-36-32-26-16-14-12-10-8-6-4-2/h18-19,46,50,55-56,60-61H,3-17,20-45,47-49,51-54H2,1-2H3,(H,59,62)/b19-18-,50-46+. The van der Waals surface area contributed by atoms with Gasteiger partial charge in [0, 0.05) is 12.8 Å². The Hall–Kier alpha value is -1.66. The molecule has 64 heavy (non-hydrogen) atoms. The highest BCUT2D eigenvalue weighted by atomic mass is 16.5. The van der Waals surface area contributed by atoms with E-state index < -0.39 is 12.1 Å². The molecule has 0 saturated heterocycles. The van der Waals surface area contributed by atoms with Gasteiger partial charge in [0.15, 0.2) is 0 Å². The Kier molecular flexibility index (Phi) is 52.6. The van der Waals surface area contributed by atoms with Crippen LogP contribution in [0.1, 0.15) is 309 Å². The molecule has 1 amide bonds. The van der Waals surface area contributed by atoms with Crippen LogP contribution in [0.25, 0.3) is 0 Å². The average molecular weight is 903 g/mol. The molecular formula is C58H111NO5. The van der Waals surface area contributed by atoms with Crippen LogP contribution >= 0.6 is 0 Å².